The molecular weight excluding hydrogens is 456 g/mol. The zero-order valence-corrected chi connectivity index (χ0v) is 20.3. The van der Waals surface area contributed by atoms with Crippen molar-refractivity contribution in [2.45, 2.75) is 37.5 Å². The molecule has 0 atom stereocenters. The van der Waals surface area contributed by atoms with E-state index in [4.69, 9.17) is 0 Å². The summed E-state index contributed by atoms with van der Waals surface area (Å²) in [5, 5.41) is 0. The van der Waals surface area contributed by atoms with Gasteiger partial charge in [0.2, 0.25) is 10.0 Å². The van der Waals surface area contributed by atoms with E-state index in [1.54, 1.807) is 28.8 Å². The zero-order chi connectivity index (χ0) is 24.1. The van der Waals surface area contributed by atoms with E-state index in [0.717, 1.165) is 28.9 Å². The highest BCUT2D eigenvalue weighted by Crippen LogP contribution is 2.25. The number of hydrogen-bond acceptors (Lipinski definition) is 5. The van der Waals surface area contributed by atoms with Crippen LogP contribution in [0.5, 0.6) is 0 Å². The van der Waals surface area contributed by atoms with Gasteiger partial charge in [-0.05, 0) is 59.5 Å². The van der Waals surface area contributed by atoms with Crippen molar-refractivity contribution in [3.05, 3.63) is 125 Å². The summed E-state index contributed by atoms with van der Waals surface area (Å²) in [6.07, 6.45) is 4.34. The molecule has 178 valence electrons. The van der Waals surface area contributed by atoms with Gasteiger partial charge >= 0.3 is 0 Å². The standard InChI is InChI=1S/C28H28N4O2S/c33-35(34,32-18-15-24-7-1-2-8-25(24)20-32)28-13-11-23(12-14-28)19-31(21-26-9-3-5-16-29-26)22-27-10-4-6-17-30-27/h1-14,16-17H,15,18-22H2. The van der Waals surface area contributed by atoms with Crippen LogP contribution in [-0.4, -0.2) is 34.1 Å². The normalized spacial score (nSPS) is 14.1. The molecule has 0 fully saturated rings. The summed E-state index contributed by atoms with van der Waals surface area (Å²) in [7, 11) is -3.55. The third-order valence-corrected chi connectivity index (χ3v) is 8.15. The Labute approximate surface area is 207 Å². The van der Waals surface area contributed by atoms with Gasteiger partial charge in [0.05, 0.1) is 16.3 Å². The lowest BCUT2D eigenvalue weighted by molar-refractivity contribution is 0.241. The first-order valence-corrected chi connectivity index (χ1v) is 13.2. The van der Waals surface area contributed by atoms with Gasteiger partial charge in [0.25, 0.3) is 0 Å². The monoisotopic (exact) mass is 484 g/mol. The van der Waals surface area contributed by atoms with E-state index in [0.29, 0.717) is 37.6 Å². The Kier molecular flexibility index (Phi) is 6.99. The Morgan fingerprint density at radius 2 is 1.31 bits per heavy atom. The zero-order valence-electron chi connectivity index (χ0n) is 19.5. The summed E-state index contributed by atoms with van der Waals surface area (Å²) in [5.41, 5.74) is 5.31. The van der Waals surface area contributed by atoms with E-state index >= 15 is 0 Å². The molecule has 0 unspecified atom stereocenters. The van der Waals surface area contributed by atoms with Gasteiger partial charge < -0.3 is 0 Å². The molecule has 1 aliphatic heterocycles. The number of benzene rings is 2. The van der Waals surface area contributed by atoms with Crippen LogP contribution in [0.2, 0.25) is 0 Å². The Hall–Kier alpha value is -3.39. The largest absolute Gasteiger partial charge is 0.287 e. The Balaban J connectivity index is 1.31. The molecule has 0 radical (unpaired) electrons. The molecule has 0 spiro atoms. The maximum absolute atomic E-state index is 13.3. The molecule has 5 rings (SSSR count). The summed E-state index contributed by atoms with van der Waals surface area (Å²) in [5.74, 6) is 0. The van der Waals surface area contributed by atoms with Crippen LogP contribution in [0.15, 0.2) is 102 Å². The lowest BCUT2D eigenvalue weighted by atomic mass is 10.0. The lowest BCUT2D eigenvalue weighted by Gasteiger charge is -2.28. The van der Waals surface area contributed by atoms with Gasteiger partial charge in [-0.1, -0.05) is 48.5 Å². The van der Waals surface area contributed by atoms with Crippen molar-refractivity contribution in [3.8, 4) is 0 Å². The second-order valence-electron chi connectivity index (χ2n) is 8.79. The minimum Gasteiger partial charge on any atom is -0.287 e. The van der Waals surface area contributed by atoms with E-state index < -0.39 is 10.0 Å². The fraction of sp³-hybridized carbons (Fsp3) is 0.214. The average molecular weight is 485 g/mol. The molecule has 7 heteroatoms. The van der Waals surface area contributed by atoms with Gasteiger partial charge in [0.15, 0.2) is 0 Å². The van der Waals surface area contributed by atoms with Crippen molar-refractivity contribution in [1.82, 2.24) is 19.2 Å². The SMILES string of the molecule is O=S(=O)(c1ccc(CN(Cc2ccccn2)Cc2ccccn2)cc1)N1CCc2ccccc2C1. The van der Waals surface area contributed by atoms with Gasteiger partial charge in [0.1, 0.15) is 0 Å². The number of nitrogens with zero attached hydrogens (tertiary/aromatic N) is 4. The number of rotatable bonds is 8. The van der Waals surface area contributed by atoms with Crippen LogP contribution in [0.3, 0.4) is 0 Å². The molecule has 2 aromatic carbocycles. The average Bonchev–Trinajstić information content (AvgIpc) is 2.90. The molecule has 0 N–H and O–H groups in total. The maximum atomic E-state index is 13.3. The van der Waals surface area contributed by atoms with Gasteiger partial charge in [-0.2, -0.15) is 4.31 Å². The smallest absolute Gasteiger partial charge is 0.243 e. The summed E-state index contributed by atoms with van der Waals surface area (Å²) in [6, 6.07) is 27.2. The molecule has 0 saturated carbocycles. The molecule has 0 bridgehead atoms. The Morgan fingerprint density at radius 3 is 1.91 bits per heavy atom. The second-order valence-corrected chi connectivity index (χ2v) is 10.7. The fourth-order valence-corrected chi connectivity index (χ4v) is 5.88. The van der Waals surface area contributed by atoms with Crippen molar-refractivity contribution >= 4 is 10.0 Å². The predicted molar refractivity (Wildman–Crippen MR) is 136 cm³/mol. The van der Waals surface area contributed by atoms with E-state index in [2.05, 4.69) is 20.9 Å². The molecule has 2 aromatic heterocycles. The van der Waals surface area contributed by atoms with Crippen molar-refractivity contribution in [3.63, 3.8) is 0 Å². The highest BCUT2D eigenvalue weighted by molar-refractivity contribution is 7.89. The van der Waals surface area contributed by atoms with Crippen molar-refractivity contribution < 1.29 is 8.42 Å². The third-order valence-electron chi connectivity index (χ3n) is 6.29. The highest BCUT2D eigenvalue weighted by Gasteiger charge is 2.28. The molecule has 4 aromatic rings. The van der Waals surface area contributed by atoms with Crippen molar-refractivity contribution in [1.29, 1.82) is 0 Å². The van der Waals surface area contributed by atoms with Crippen LogP contribution in [0.25, 0.3) is 0 Å². The third kappa shape index (κ3) is 5.65. The number of pyridine rings is 2. The van der Waals surface area contributed by atoms with Crippen LogP contribution in [-0.2, 0) is 42.6 Å². The molecule has 1 aliphatic rings. The summed E-state index contributed by atoms with van der Waals surface area (Å²) < 4.78 is 28.2. The molecule has 0 amide bonds. The van der Waals surface area contributed by atoms with E-state index in [1.165, 1.54) is 5.56 Å². The van der Waals surface area contributed by atoms with E-state index in [-0.39, 0.29) is 0 Å². The summed E-state index contributed by atoms with van der Waals surface area (Å²) >= 11 is 0. The number of hydrogen-bond donors (Lipinski definition) is 0. The predicted octanol–water partition coefficient (Wildman–Crippen LogP) is 4.43. The van der Waals surface area contributed by atoms with Gasteiger partial charge in [-0.25, -0.2) is 8.42 Å². The Bertz CT molecular complexity index is 1320. The molecule has 6 nitrogen and oxygen atoms in total. The van der Waals surface area contributed by atoms with Gasteiger partial charge in [0, 0.05) is 45.1 Å². The van der Waals surface area contributed by atoms with Crippen LogP contribution in [0.1, 0.15) is 28.1 Å². The first-order chi connectivity index (χ1) is 17.1. The highest BCUT2D eigenvalue weighted by atomic mass is 32.2. The molecular formula is C28H28N4O2S. The van der Waals surface area contributed by atoms with Crippen molar-refractivity contribution in [2.75, 3.05) is 6.54 Å². The topological polar surface area (TPSA) is 66.4 Å². The molecule has 0 aliphatic carbocycles. The minimum atomic E-state index is -3.55. The van der Waals surface area contributed by atoms with E-state index in [1.807, 2.05) is 66.7 Å². The van der Waals surface area contributed by atoms with Crippen LogP contribution < -0.4 is 0 Å². The summed E-state index contributed by atoms with van der Waals surface area (Å²) in [4.78, 5) is 11.5. The molecule has 0 saturated heterocycles. The number of fused-ring (bicyclic) bond motifs is 1. The summed E-state index contributed by atoms with van der Waals surface area (Å²) in [6.45, 7) is 2.92. The lowest BCUT2D eigenvalue weighted by Crippen LogP contribution is -2.35. The van der Waals surface area contributed by atoms with E-state index in [9.17, 15) is 8.42 Å². The first kappa shape index (κ1) is 23.4. The Morgan fingerprint density at radius 1 is 0.714 bits per heavy atom. The molecule has 3 heterocycles. The second kappa shape index (κ2) is 10.5. The van der Waals surface area contributed by atoms with Gasteiger partial charge in [-0.15, -0.1) is 0 Å². The molecule has 35 heavy (non-hydrogen) atoms. The number of aromatic nitrogens is 2. The van der Waals surface area contributed by atoms with Crippen LogP contribution in [0, 0.1) is 0 Å². The van der Waals surface area contributed by atoms with Crippen LogP contribution >= 0.6 is 0 Å². The fourth-order valence-electron chi connectivity index (χ4n) is 4.46. The minimum absolute atomic E-state index is 0.335. The maximum Gasteiger partial charge on any atom is 0.243 e. The first-order valence-electron chi connectivity index (χ1n) is 11.8. The quantitative estimate of drug-likeness (QED) is 0.370. The van der Waals surface area contributed by atoms with Crippen LogP contribution in [0.4, 0.5) is 0 Å². The van der Waals surface area contributed by atoms with Gasteiger partial charge in [-0.3, -0.25) is 14.9 Å². The van der Waals surface area contributed by atoms with Crippen molar-refractivity contribution in [2.24, 2.45) is 0 Å². The number of sulfonamides is 1.